The minimum absolute atomic E-state index is 0.249. The standard InChI is InChI=1S/C20H24ClN3O3/c1-6-14-7-8-22-17(9-14)16-10-15(11-23-18(16)21)26-12-13(2)24-19(25)27-20(3,4)5/h6-11,13H,1,12H2,2-5H3,(H,24,25)/t13-/m0/s1. The predicted octanol–water partition coefficient (Wildman–Crippen LogP) is 4.73. The van der Waals surface area contributed by atoms with Gasteiger partial charge in [0.2, 0.25) is 0 Å². The largest absolute Gasteiger partial charge is 0.490 e. The van der Waals surface area contributed by atoms with E-state index in [0.29, 0.717) is 22.2 Å². The van der Waals surface area contributed by atoms with Gasteiger partial charge >= 0.3 is 6.09 Å². The fourth-order valence-corrected chi connectivity index (χ4v) is 2.38. The highest BCUT2D eigenvalue weighted by Crippen LogP contribution is 2.28. The molecule has 0 aliphatic carbocycles. The van der Waals surface area contributed by atoms with Gasteiger partial charge in [0, 0.05) is 11.8 Å². The minimum Gasteiger partial charge on any atom is -0.490 e. The molecule has 2 rings (SSSR count). The number of rotatable bonds is 6. The molecular formula is C20H24ClN3O3. The molecule has 2 aromatic rings. The third-order valence-electron chi connectivity index (χ3n) is 3.37. The molecule has 144 valence electrons. The topological polar surface area (TPSA) is 73.3 Å². The maximum Gasteiger partial charge on any atom is 0.407 e. The van der Waals surface area contributed by atoms with E-state index in [1.807, 2.05) is 39.8 Å². The molecule has 0 spiro atoms. The van der Waals surface area contributed by atoms with Crippen LogP contribution in [0.5, 0.6) is 5.75 Å². The first kappa shape index (κ1) is 20.7. The van der Waals surface area contributed by atoms with Crippen LogP contribution in [0.25, 0.3) is 17.3 Å². The zero-order chi connectivity index (χ0) is 20.0. The Bertz CT molecular complexity index is 818. The van der Waals surface area contributed by atoms with Crippen LogP contribution in [0.1, 0.15) is 33.3 Å². The second-order valence-corrected chi connectivity index (χ2v) is 7.40. The van der Waals surface area contributed by atoms with Crippen LogP contribution in [0.2, 0.25) is 5.15 Å². The Morgan fingerprint density at radius 3 is 2.78 bits per heavy atom. The van der Waals surface area contributed by atoms with Crippen molar-refractivity contribution in [1.82, 2.24) is 15.3 Å². The smallest absolute Gasteiger partial charge is 0.407 e. The van der Waals surface area contributed by atoms with Crippen molar-refractivity contribution >= 4 is 23.8 Å². The molecule has 0 aliphatic rings. The Labute approximate surface area is 164 Å². The lowest BCUT2D eigenvalue weighted by Crippen LogP contribution is -2.40. The first-order valence-corrected chi connectivity index (χ1v) is 8.92. The summed E-state index contributed by atoms with van der Waals surface area (Å²) in [6.07, 6.45) is 4.46. The van der Waals surface area contributed by atoms with Crippen molar-refractivity contribution in [2.45, 2.75) is 39.3 Å². The Kier molecular flexibility index (Phi) is 6.80. The van der Waals surface area contributed by atoms with Crippen molar-refractivity contribution in [3.8, 4) is 17.0 Å². The molecule has 0 fully saturated rings. The molecule has 0 saturated heterocycles. The van der Waals surface area contributed by atoms with Gasteiger partial charge in [0.05, 0.1) is 17.9 Å². The van der Waals surface area contributed by atoms with Crippen LogP contribution in [-0.4, -0.2) is 34.3 Å². The average Bonchev–Trinajstić information content (AvgIpc) is 2.59. The number of pyridine rings is 2. The molecule has 0 bridgehead atoms. The number of nitrogens with one attached hydrogen (secondary N) is 1. The lowest BCUT2D eigenvalue weighted by molar-refractivity contribution is 0.0494. The first-order chi connectivity index (χ1) is 12.7. The van der Waals surface area contributed by atoms with Crippen molar-refractivity contribution in [3.05, 3.63) is 47.9 Å². The van der Waals surface area contributed by atoms with E-state index in [4.69, 9.17) is 21.1 Å². The van der Waals surface area contributed by atoms with Crippen LogP contribution in [0, 0.1) is 0 Å². The zero-order valence-corrected chi connectivity index (χ0v) is 16.7. The summed E-state index contributed by atoms with van der Waals surface area (Å²) in [5, 5.41) is 3.05. The fraction of sp³-hybridized carbons (Fsp3) is 0.350. The van der Waals surface area contributed by atoms with E-state index >= 15 is 0 Å². The summed E-state index contributed by atoms with van der Waals surface area (Å²) < 4.78 is 11.0. The van der Waals surface area contributed by atoms with Gasteiger partial charge in [-0.3, -0.25) is 4.98 Å². The number of carbonyl (C=O) groups excluding carboxylic acids is 1. The number of ether oxygens (including phenoxy) is 2. The predicted molar refractivity (Wildman–Crippen MR) is 107 cm³/mol. The van der Waals surface area contributed by atoms with Gasteiger partial charge in [-0.2, -0.15) is 0 Å². The average molecular weight is 390 g/mol. The third kappa shape index (κ3) is 6.57. The summed E-state index contributed by atoms with van der Waals surface area (Å²) in [4.78, 5) is 20.3. The molecule has 0 aromatic carbocycles. The van der Waals surface area contributed by atoms with Crippen molar-refractivity contribution < 1.29 is 14.3 Å². The van der Waals surface area contributed by atoms with Crippen LogP contribution in [0.4, 0.5) is 4.79 Å². The molecule has 2 heterocycles. The summed E-state index contributed by atoms with van der Waals surface area (Å²) >= 11 is 6.21. The molecule has 2 aromatic heterocycles. The number of carbonyl (C=O) groups is 1. The summed E-state index contributed by atoms with van der Waals surface area (Å²) in [6.45, 7) is 11.3. The fourth-order valence-electron chi connectivity index (χ4n) is 2.18. The number of amides is 1. The first-order valence-electron chi connectivity index (χ1n) is 8.54. The van der Waals surface area contributed by atoms with Gasteiger partial charge in [-0.1, -0.05) is 24.3 Å². The Balaban J connectivity index is 2.03. The third-order valence-corrected chi connectivity index (χ3v) is 3.67. The summed E-state index contributed by atoms with van der Waals surface area (Å²) in [5.41, 5.74) is 1.71. The van der Waals surface area contributed by atoms with E-state index in [9.17, 15) is 4.79 Å². The van der Waals surface area contributed by atoms with E-state index < -0.39 is 11.7 Å². The number of alkyl carbamates (subject to hydrolysis) is 1. The normalized spacial score (nSPS) is 12.2. The lowest BCUT2D eigenvalue weighted by Gasteiger charge is -2.22. The van der Waals surface area contributed by atoms with Gasteiger partial charge < -0.3 is 14.8 Å². The van der Waals surface area contributed by atoms with E-state index in [1.54, 1.807) is 18.3 Å². The van der Waals surface area contributed by atoms with Crippen molar-refractivity contribution in [2.24, 2.45) is 0 Å². The summed E-state index contributed by atoms with van der Waals surface area (Å²) in [6, 6.07) is 5.24. The van der Waals surface area contributed by atoms with Crippen LogP contribution in [0.3, 0.4) is 0 Å². The van der Waals surface area contributed by atoms with Crippen LogP contribution in [-0.2, 0) is 4.74 Å². The Morgan fingerprint density at radius 1 is 1.37 bits per heavy atom. The van der Waals surface area contributed by atoms with Gasteiger partial charge in [-0.15, -0.1) is 0 Å². The van der Waals surface area contributed by atoms with Gasteiger partial charge in [0.1, 0.15) is 23.1 Å². The second-order valence-electron chi connectivity index (χ2n) is 7.05. The van der Waals surface area contributed by atoms with Crippen molar-refractivity contribution in [3.63, 3.8) is 0 Å². The molecule has 0 aliphatic heterocycles. The maximum atomic E-state index is 11.8. The molecule has 0 radical (unpaired) electrons. The van der Waals surface area contributed by atoms with Gasteiger partial charge in [0.15, 0.2) is 0 Å². The summed E-state index contributed by atoms with van der Waals surface area (Å²) in [5.74, 6) is 0.526. The van der Waals surface area contributed by atoms with Crippen molar-refractivity contribution in [1.29, 1.82) is 0 Å². The minimum atomic E-state index is -0.549. The van der Waals surface area contributed by atoms with Crippen LogP contribution in [0.15, 0.2) is 37.2 Å². The van der Waals surface area contributed by atoms with Crippen molar-refractivity contribution in [2.75, 3.05) is 6.61 Å². The monoisotopic (exact) mass is 389 g/mol. The molecule has 27 heavy (non-hydrogen) atoms. The Morgan fingerprint density at radius 2 is 2.11 bits per heavy atom. The zero-order valence-electron chi connectivity index (χ0n) is 16.0. The lowest BCUT2D eigenvalue weighted by atomic mass is 10.1. The van der Waals surface area contributed by atoms with E-state index in [-0.39, 0.29) is 12.6 Å². The number of nitrogens with zero attached hydrogens (tertiary/aromatic N) is 2. The molecule has 1 atom stereocenters. The van der Waals surface area contributed by atoms with Gasteiger partial charge in [-0.05, 0) is 51.5 Å². The van der Waals surface area contributed by atoms with Crippen LogP contribution >= 0.6 is 11.6 Å². The maximum absolute atomic E-state index is 11.8. The molecule has 6 nitrogen and oxygen atoms in total. The highest BCUT2D eigenvalue weighted by atomic mass is 35.5. The highest BCUT2D eigenvalue weighted by Gasteiger charge is 2.18. The molecule has 7 heteroatoms. The number of hydrogen-bond donors (Lipinski definition) is 1. The highest BCUT2D eigenvalue weighted by molar-refractivity contribution is 6.32. The van der Waals surface area contributed by atoms with Gasteiger partial charge in [-0.25, -0.2) is 9.78 Å². The SMILES string of the molecule is C=Cc1ccnc(-c2cc(OC[C@H](C)NC(=O)OC(C)(C)C)cnc2Cl)c1. The Hall–Kier alpha value is -2.60. The van der Waals surface area contributed by atoms with E-state index in [2.05, 4.69) is 21.9 Å². The number of hydrogen-bond acceptors (Lipinski definition) is 5. The summed E-state index contributed by atoms with van der Waals surface area (Å²) in [7, 11) is 0. The second kappa shape index (κ2) is 8.86. The molecule has 1 N–H and O–H groups in total. The molecular weight excluding hydrogens is 366 g/mol. The number of aromatic nitrogens is 2. The van der Waals surface area contributed by atoms with E-state index in [0.717, 1.165) is 5.56 Å². The molecule has 0 saturated carbocycles. The molecule has 0 unspecified atom stereocenters. The van der Waals surface area contributed by atoms with E-state index in [1.165, 1.54) is 6.20 Å². The molecule has 1 amide bonds. The number of halogens is 1. The van der Waals surface area contributed by atoms with Gasteiger partial charge in [0.25, 0.3) is 0 Å². The quantitative estimate of drug-likeness (QED) is 0.723. The van der Waals surface area contributed by atoms with Crippen LogP contribution < -0.4 is 10.1 Å².